The molecule has 2 rings (SSSR count). The van der Waals surface area contributed by atoms with Gasteiger partial charge in [0.2, 0.25) is 0 Å². The fraction of sp³-hybridized carbons (Fsp3) is 0.600. The first-order valence-corrected chi connectivity index (χ1v) is 6.79. The molecule has 1 fully saturated rings. The molecular formula is C15H25N3. The van der Waals surface area contributed by atoms with E-state index in [-0.39, 0.29) is 6.04 Å². The zero-order valence-electron chi connectivity index (χ0n) is 11.8. The maximum Gasteiger partial charge on any atom is 0.0465 e. The van der Waals surface area contributed by atoms with Gasteiger partial charge in [-0.3, -0.25) is 0 Å². The molecule has 3 nitrogen and oxygen atoms in total. The van der Waals surface area contributed by atoms with Gasteiger partial charge in [0.05, 0.1) is 0 Å². The molecule has 1 aromatic carbocycles. The highest BCUT2D eigenvalue weighted by atomic mass is 15.2. The molecule has 0 spiro atoms. The van der Waals surface area contributed by atoms with Crippen molar-refractivity contribution in [3.8, 4) is 0 Å². The maximum atomic E-state index is 6.49. The second-order valence-corrected chi connectivity index (χ2v) is 5.60. The van der Waals surface area contributed by atoms with Crippen LogP contribution < -0.4 is 5.73 Å². The fourth-order valence-electron chi connectivity index (χ4n) is 2.79. The highest BCUT2D eigenvalue weighted by molar-refractivity contribution is 5.26. The predicted molar refractivity (Wildman–Crippen MR) is 76.6 cm³/mol. The Balaban J connectivity index is 2.17. The highest BCUT2D eigenvalue weighted by Crippen LogP contribution is 2.21. The van der Waals surface area contributed by atoms with Gasteiger partial charge in [0, 0.05) is 18.6 Å². The van der Waals surface area contributed by atoms with Gasteiger partial charge >= 0.3 is 0 Å². The Morgan fingerprint density at radius 2 is 2.06 bits per heavy atom. The van der Waals surface area contributed by atoms with E-state index in [1.54, 1.807) is 0 Å². The van der Waals surface area contributed by atoms with Crippen LogP contribution in [0.5, 0.6) is 0 Å². The lowest BCUT2D eigenvalue weighted by atomic mass is 9.97. The molecule has 1 aromatic rings. The average molecular weight is 247 g/mol. The van der Waals surface area contributed by atoms with Crippen molar-refractivity contribution in [2.45, 2.75) is 25.4 Å². The van der Waals surface area contributed by atoms with Crippen molar-refractivity contribution in [1.29, 1.82) is 0 Å². The molecule has 1 saturated heterocycles. The second-order valence-electron chi connectivity index (χ2n) is 5.60. The predicted octanol–water partition coefficient (Wildman–Crippen LogP) is 1.63. The minimum absolute atomic E-state index is 0.0930. The van der Waals surface area contributed by atoms with Gasteiger partial charge in [-0.1, -0.05) is 29.8 Å². The lowest BCUT2D eigenvalue weighted by Gasteiger charge is -2.32. The Kier molecular flexibility index (Phi) is 4.38. The quantitative estimate of drug-likeness (QED) is 0.862. The summed E-state index contributed by atoms with van der Waals surface area (Å²) in [6, 6.07) is 9.08. The zero-order valence-corrected chi connectivity index (χ0v) is 11.8. The normalized spacial score (nSPS) is 24.8. The Bertz CT molecular complexity index is 391. The molecular weight excluding hydrogens is 222 g/mol. The summed E-state index contributed by atoms with van der Waals surface area (Å²) >= 11 is 0. The molecule has 1 aliphatic heterocycles. The molecule has 0 aliphatic carbocycles. The van der Waals surface area contributed by atoms with Crippen LogP contribution in [-0.4, -0.2) is 49.6 Å². The minimum Gasteiger partial charge on any atom is -0.323 e. The number of hydrogen-bond donors (Lipinski definition) is 1. The molecule has 0 bridgehead atoms. The van der Waals surface area contributed by atoms with Gasteiger partial charge in [0.15, 0.2) is 0 Å². The topological polar surface area (TPSA) is 32.5 Å². The molecule has 2 atom stereocenters. The first kappa shape index (κ1) is 13.5. The van der Waals surface area contributed by atoms with Crippen LogP contribution in [0.1, 0.15) is 23.6 Å². The van der Waals surface area contributed by atoms with Crippen molar-refractivity contribution in [2.75, 3.05) is 33.7 Å². The lowest BCUT2D eigenvalue weighted by molar-refractivity contribution is 0.196. The molecule has 2 N–H and O–H groups in total. The van der Waals surface area contributed by atoms with E-state index in [2.05, 4.69) is 55.1 Å². The lowest BCUT2D eigenvalue weighted by Crippen LogP contribution is -2.45. The Hall–Kier alpha value is -0.900. The van der Waals surface area contributed by atoms with Crippen LogP contribution in [0.2, 0.25) is 0 Å². The van der Waals surface area contributed by atoms with E-state index in [1.165, 1.54) is 24.1 Å². The van der Waals surface area contributed by atoms with E-state index in [4.69, 9.17) is 5.73 Å². The number of hydrogen-bond acceptors (Lipinski definition) is 3. The number of nitrogens with zero attached hydrogens (tertiary/aromatic N) is 2. The van der Waals surface area contributed by atoms with Gasteiger partial charge in [-0.15, -0.1) is 0 Å². The molecule has 1 aliphatic rings. The van der Waals surface area contributed by atoms with Crippen LogP contribution >= 0.6 is 0 Å². The van der Waals surface area contributed by atoms with Gasteiger partial charge in [-0.05, 0) is 46.1 Å². The van der Waals surface area contributed by atoms with Crippen LogP contribution in [0.25, 0.3) is 0 Å². The summed E-state index contributed by atoms with van der Waals surface area (Å²) in [4.78, 5) is 4.81. The number of nitrogens with two attached hydrogens (primary N) is 1. The monoisotopic (exact) mass is 247 g/mol. The molecule has 0 amide bonds. The number of aryl methyl sites for hydroxylation is 1. The van der Waals surface area contributed by atoms with E-state index >= 15 is 0 Å². The molecule has 3 heteroatoms. The summed E-state index contributed by atoms with van der Waals surface area (Å²) in [5.74, 6) is 0. The summed E-state index contributed by atoms with van der Waals surface area (Å²) in [6.45, 7) is 5.47. The maximum absolute atomic E-state index is 6.49. The smallest absolute Gasteiger partial charge is 0.0465 e. The summed E-state index contributed by atoms with van der Waals surface area (Å²) in [5, 5.41) is 0. The highest BCUT2D eigenvalue weighted by Gasteiger charge is 2.26. The van der Waals surface area contributed by atoms with Crippen LogP contribution in [0, 0.1) is 6.92 Å². The summed E-state index contributed by atoms with van der Waals surface area (Å²) in [7, 11) is 4.38. The van der Waals surface area contributed by atoms with E-state index in [9.17, 15) is 0 Å². The Labute approximate surface area is 111 Å². The summed E-state index contributed by atoms with van der Waals surface area (Å²) < 4.78 is 0. The second kappa shape index (κ2) is 5.83. The first-order chi connectivity index (χ1) is 8.58. The van der Waals surface area contributed by atoms with Crippen molar-refractivity contribution in [2.24, 2.45) is 5.73 Å². The largest absolute Gasteiger partial charge is 0.323 e. The number of benzene rings is 1. The van der Waals surface area contributed by atoms with E-state index in [0.29, 0.717) is 6.04 Å². The van der Waals surface area contributed by atoms with Crippen LogP contribution in [-0.2, 0) is 0 Å². The molecule has 18 heavy (non-hydrogen) atoms. The van der Waals surface area contributed by atoms with E-state index in [0.717, 1.165) is 13.1 Å². The molecule has 100 valence electrons. The minimum atomic E-state index is 0.0930. The van der Waals surface area contributed by atoms with Gasteiger partial charge in [0.25, 0.3) is 0 Å². The number of likely N-dealkylation sites (N-methyl/N-ethyl adjacent to an activating group) is 2. The van der Waals surface area contributed by atoms with Gasteiger partial charge in [0.1, 0.15) is 0 Å². The van der Waals surface area contributed by atoms with Gasteiger partial charge in [-0.25, -0.2) is 0 Å². The van der Waals surface area contributed by atoms with E-state index < -0.39 is 0 Å². The molecule has 0 aromatic heterocycles. The third-order valence-electron chi connectivity index (χ3n) is 3.96. The average Bonchev–Trinajstić information content (AvgIpc) is 2.50. The van der Waals surface area contributed by atoms with Crippen LogP contribution in [0.15, 0.2) is 24.3 Å². The molecule has 2 unspecified atom stereocenters. The van der Waals surface area contributed by atoms with Gasteiger partial charge < -0.3 is 15.5 Å². The van der Waals surface area contributed by atoms with Crippen molar-refractivity contribution in [3.63, 3.8) is 0 Å². The first-order valence-electron chi connectivity index (χ1n) is 6.79. The number of rotatable bonds is 2. The van der Waals surface area contributed by atoms with Gasteiger partial charge in [-0.2, -0.15) is 0 Å². The van der Waals surface area contributed by atoms with E-state index in [1.807, 2.05) is 0 Å². The van der Waals surface area contributed by atoms with Crippen molar-refractivity contribution in [3.05, 3.63) is 35.4 Å². The SMILES string of the molecule is Cc1cccc(C(N)C2CN(C)CCCN2C)c1. The van der Waals surface area contributed by atoms with Crippen molar-refractivity contribution in [1.82, 2.24) is 9.80 Å². The zero-order chi connectivity index (χ0) is 13.1. The summed E-state index contributed by atoms with van der Waals surface area (Å²) in [6.07, 6.45) is 1.23. The standard InChI is InChI=1S/C15H25N3/c1-12-6-4-7-13(10-12)15(16)14-11-17(2)8-5-9-18(14)3/h4,6-7,10,14-15H,5,8-9,11,16H2,1-3H3. The molecule has 1 heterocycles. The Morgan fingerprint density at radius 1 is 1.28 bits per heavy atom. The fourth-order valence-corrected chi connectivity index (χ4v) is 2.79. The Morgan fingerprint density at radius 3 is 2.78 bits per heavy atom. The summed E-state index contributed by atoms with van der Waals surface area (Å²) in [5.41, 5.74) is 9.03. The van der Waals surface area contributed by atoms with Crippen LogP contribution in [0.3, 0.4) is 0 Å². The van der Waals surface area contributed by atoms with Crippen molar-refractivity contribution < 1.29 is 0 Å². The molecule has 0 radical (unpaired) electrons. The van der Waals surface area contributed by atoms with Crippen molar-refractivity contribution >= 4 is 0 Å². The van der Waals surface area contributed by atoms with Crippen LogP contribution in [0.4, 0.5) is 0 Å². The third-order valence-corrected chi connectivity index (χ3v) is 3.96. The third kappa shape index (κ3) is 3.10. The molecule has 0 saturated carbocycles.